The van der Waals surface area contributed by atoms with Crippen molar-refractivity contribution < 1.29 is 33.7 Å². The number of hydroxylamine groups is 1. The van der Waals surface area contributed by atoms with Gasteiger partial charge in [0.1, 0.15) is 24.6 Å². The van der Waals surface area contributed by atoms with Crippen LogP contribution >= 0.6 is 7.87 Å². The van der Waals surface area contributed by atoms with Crippen LogP contribution in [0.15, 0.2) is 70.4 Å². The fraction of sp³-hybridized carbons (Fsp3) is 0.548. The number of hydrogen-bond donors (Lipinski definition) is 5. The van der Waals surface area contributed by atoms with Crippen molar-refractivity contribution in [1.82, 2.24) is 25.0 Å². The zero-order chi connectivity index (χ0) is 42.6. The number of nitriles is 1. The van der Waals surface area contributed by atoms with Gasteiger partial charge in [0.15, 0.2) is 6.10 Å². The predicted molar refractivity (Wildman–Crippen MR) is 222 cm³/mol. The number of rotatable bonds is 21. The predicted octanol–water partition coefficient (Wildman–Crippen LogP) is 5.25. The number of carbonyl (C=O) groups is 2. The van der Waals surface area contributed by atoms with Crippen molar-refractivity contribution in [2.24, 2.45) is 0 Å². The normalized spacial score (nSPS) is 19.4. The van der Waals surface area contributed by atoms with Crippen LogP contribution < -0.4 is 22.0 Å². The molecule has 0 saturated carbocycles. The smallest absolute Gasteiger partial charge is 0.356 e. The second-order valence-electron chi connectivity index (χ2n) is 15.6. The summed E-state index contributed by atoms with van der Waals surface area (Å²) < 4.78 is 15.4. The number of benzene rings is 2. The first kappa shape index (κ1) is 46.4. The molecule has 1 saturated heterocycles. The molecule has 4 unspecified atom stereocenters. The van der Waals surface area contributed by atoms with E-state index in [9.17, 15) is 34.4 Å². The van der Waals surface area contributed by atoms with Gasteiger partial charge in [0, 0.05) is 49.3 Å². The van der Waals surface area contributed by atoms with Crippen LogP contribution in [0.25, 0.3) is 11.1 Å². The van der Waals surface area contributed by atoms with E-state index < -0.39 is 49.6 Å². The molecular weight excluding hydrogens is 763 g/mol. The molecule has 0 aliphatic carbocycles. The van der Waals surface area contributed by atoms with E-state index in [1.165, 1.54) is 13.1 Å². The molecule has 1 amide bonds. The fourth-order valence-corrected chi connectivity index (χ4v) is 10.3. The second kappa shape index (κ2) is 21.7. The van der Waals surface area contributed by atoms with Gasteiger partial charge < -0.3 is 20.0 Å². The lowest BCUT2D eigenvalue weighted by Gasteiger charge is -2.36. The van der Waals surface area contributed by atoms with Gasteiger partial charge in [-0.05, 0) is 77.0 Å². The van der Waals surface area contributed by atoms with Gasteiger partial charge in [-0.15, -0.1) is 4.67 Å². The lowest BCUT2D eigenvalue weighted by Crippen LogP contribution is -2.46. The van der Waals surface area contributed by atoms with Crippen LogP contribution in [0.3, 0.4) is 0 Å². The summed E-state index contributed by atoms with van der Waals surface area (Å²) in [5.41, 5.74) is 4.88. The maximum Gasteiger partial charge on any atom is 0.356 e. The van der Waals surface area contributed by atoms with Gasteiger partial charge in [0.25, 0.3) is 5.56 Å². The van der Waals surface area contributed by atoms with Gasteiger partial charge in [0.2, 0.25) is 5.91 Å². The van der Waals surface area contributed by atoms with Crippen LogP contribution in [0.4, 0.5) is 0 Å². The van der Waals surface area contributed by atoms with Gasteiger partial charge >= 0.3 is 19.5 Å². The standard InChI is InChI=1S/C42H59N6O9P/c1-27(2)48(28(3)4)58(54,23-13-21-43)57-35-25-37(47-26-30(6)40(51)46-42(47)53)55-39(35)38(50)41(52)56-44-22-12-11-14-31(7)45-36(49)24-29(5)32-17-19-34(20-18-32)33-15-9-8-10-16-33/h8-10,15-20,26-29,31,35,37-39,44,50,54H,11-14,22-25H2,1-7H3,(H-,45,46,49,51,53)/p+1/t29?,31?,35-,37+,38?,39-,58?/m0/s1. The van der Waals surface area contributed by atoms with Crippen molar-refractivity contribution in [2.75, 3.05) is 12.7 Å². The van der Waals surface area contributed by atoms with Crippen molar-refractivity contribution in [2.45, 2.75) is 136 Å². The van der Waals surface area contributed by atoms with Gasteiger partial charge in [-0.3, -0.25) is 19.1 Å². The molecule has 1 aliphatic heterocycles. The summed E-state index contributed by atoms with van der Waals surface area (Å²) in [4.78, 5) is 70.3. The Morgan fingerprint density at radius 2 is 1.69 bits per heavy atom. The van der Waals surface area contributed by atoms with E-state index in [0.29, 0.717) is 19.3 Å². The molecule has 0 radical (unpaired) electrons. The zero-order valence-corrected chi connectivity index (χ0v) is 35.5. The minimum atomic E-state index is -3.52. The van der Waals surface area contributed by atoms with Crippen LogP contribution in [-0.4, -0.2) is 85.2 Å². The van der Waals surface area contributed by atoms with Crippen molar-refractivity contribution in [1.29, 1.82) is 5.26 Å². The van der Waals surface area contributed by atoms with E-state index in [1.54, 1.807) is 4.67 Å². The highest BCUT2D eigenvalue weighted by molar-refractivity contribution is 7.63. The Balaban J connectivity index is 1.29. The summed E-state index contributed by atoms with van der Waals surface area (Å²) in [5.74, 6) is -1.04. The van der Waals surface area contributed by atoms with E-state index in [-0.39, 0.29) is 61.1 Å². The number of aliphatic hydroxyl groups is 1. The largest absolute Gasteiger partial charge is 0.379 e. The number of aromatic nitrogens is 2. The Kier molecular flexibility index (Phi) is 17.3. The lowest BCUT2D eigenvalue weighted by atomic mass is 9.95. The van der Waals surface area contributed by atoms with Gasteiger partial charge in [-0.25, -0.2) is 14.5 Å². The molecular formula is C42H60N6O9P+. The lowest BCUT2D eigenvalue weighted by molar-refractivity contribution is -0.173. The maximum absolute atomic E-state index is 13.2. The number of aryl methyl sites for hydroxylation is 1. The number of nitrogens with one attached hydrogen (secondary N) is 3. The highest BCUT2D eigenvalue weighted by Gasteiger charge is 2.56. The fourth-order valence-electron chi connectivity index (χ4n) is 7.37. The molecule has 4 rings (SSSR count). The number of amides is 1. The molecule has 0 bridgehead atoms. The average Bonchev–Trinajstić information content (AvgIpc) is 3.58. The quantitative estimate of drug-likeness (QED) is 0.0531. The summed E-state index contributed by atoms with van der Waals surface area (Å²) in [5, 5.41) is 23.7. The van der Waals surface area contributed by atoms with Crippen LogP contribution in [-0.2, 0) is 23.7 Å². The minimum absolute atomic E-state index is 0.00106. The topological polar surface area (TPSA) is 208 Å². The summed E-state index contributed by atoms with van der Waals surface area (Å²) in [6, 6.07) is 20.0. The summed E-state index contributed by atoms with van der Waals surface area (Å²) in [6.07, 6.45) is -1.82. The van der Waals surface area contributed by atoms with Gasteiger partial charge in [0.05, 0.1) is 12.5 Å². The number of hydrogen-bond acceptors (Lipinski definition) is 12. The summed E-state index contributed by atoms with van der Waals surface area (Å²) >= 11 is 0. The van der Waals surface area contributed by atoms with Crippen LogP contribution in [0.5, 0.6) is 0 Å². The van der Waals surface area contributed by atoms with E-state index in [4.69, 9.17) is 14.1 Å². The molecule has 1 aliphatic rings. The highest BCUT2D eigenvalue weighted by atomic mass is 31.2. The molecule has 16 heteroatoms. The molecule has 3 aromatic rings. The highest BCUT2D eigenvalue weighted by Crippen LogP contribution is 2.63. The third-order valence-electron chi connectivity index (χ3n) is 10.2. The van der Waals surface area contributed by atoms with Crippen molar-refractivity contribution in [3.05, 3.63) is 92.8 Å². The Hall–Kier alpha value is -4.26. The molecule has 2 heterocycles. The monoisotopic (exact) mass is 823 g/mol. The number of H-pyrrole nitrogens is 1. The van der Waals surface area contributed by atoms with Gasteiger partial charge in [-0.1, -0.05) is 67.9 Å². The van der Waals surface area contributed by atoms with E-state index in [1.807, 2.05) is 59.7 Å². The number of unbranched alkanes of at least 4 members (excludes halogenated alkanes) is 1. The molecule has 58 heavy (non-hydrogen) atoms. The molecule has 2 aromatic carbocycles. The first-order valence-electron chi connectivity index (χ1n) is 20.0. The summed E-state index contributed by atoms with van der Waals surface area (Å²) in [7, 11) is -3.52. The number of ether oxygens (including phenoxy) is 1. The molecule has 5 N–H and O–H groups in total. The van der Waals surface area contributed by atoms with Crippen LogP contribution in [0.1, 0.15) is 103 Å². The van der Waals surface area contributed by atoms with E-state index in [0.717, 1.165) is 27.7 Å². The van der Waals surface area contributed by atoms with E-state index in [2.05, 4.69) is 58.2 Å². The number of aliphatic hydroxyl groups excluding tert-OH is 1. The number of carbonyl (C=O) groups excluding carboxylic acids is 2. The maximum atomic E-state index is 13.2. The molecule has 316 valence electrons. The number of nitrogens with zero attached hydrogens (tertiary/aromatic N) is 3. The molecule has 1 fully saturated rings. The molecule has 15 nitrogen and oxygen atoms in total. The third-order valence-corrected chi connectivity index (χ3v) is 13.2. The first-order valence-corrected chi connectivity index (χ1v) is 21.8. The zero-order valence-electron chi connectivity index (χ0n) is 34.6. The number of aromatic amines is 1. The second-order valence-corrected chi connectivity index (χ2v) is 18.0. The Bertz CT molecular complexity index is 1940. The SMILES string of the molecule is Cc1cn([C@H]2C[C@H](O[P+](O)(CCC#N)N(C(C)C)C(C)C)[C@@H](C(O)C(=O)ONCCCCC(C)NC(=O)CC(C)c3ccc(-c4ccccc4)cc3)O2)c(=O)[nH]c1=O. The van der Waals surface area contributed by atoms with Crippen molar-refractivity contribution in [3.63, 3.8) is 0 Å². The average molecular weight is 824 g/mol. The molecule has 7 atom stereocenters. The van der Waals surface area contributed by atoms with Crippen molar-refractivity contribution in [3.8, 4) is 17.2 Å². The molecule has 0 spiro atoms. The first-order chi connectivity index (χ1) is 27.5. The summed E-state index contributed by atoms with van der Waals surface area (Å²) in [6.45, 7) is 13.3. The minimum Gasteiger partial charge on any atom is -0.379 e. The molecule has 1 aromatic heterocycles. The van der Waals surface area contributed by atoms with Crippen molar-refractivity contribution >= 4 is 19.7 Å². The van der Waals surface area contributed by atoms with Crippen LogP contribution in [0.2, 0.25) is 0 Å². The Morgan fingerprint density at radius 1 is 1.03 bits per heavy atom. The Labute approximate surface area is 341 Å². The van der Waals surface area contributed by atoms with Crippen LogP contribution in [0, 0.1) is 18.3 Å². The van der Waals surface area contributed by atoms with Gasteiger partial charge in [-0.2, -0.15) is 15.3 Å². The Morgan fingerprint density at radius 3 is 2.33 bits per heavy atom. The third kappa shape index (κ3) is 12.6. The van der Waals surface area contributed by atoms with E-state index >= 15 is 0 Å².